The molecule has 3 aromatic carbocycles. The molecule has 1 saturated heterocycles. The number of likely N-dealkylation sites (tertiary alicyclic amines) is 1. The third-order valence-corrected chi connectivity index (χ3v) is 7.07. The number of hydrogen-bond acceptors (Lipinski definition) is 5. The van der Waals surface area contributed by atoms with Crippen molar-refractivity contribution in [3.05, 3.63) is 77.4 Å². The molecule has 0 aromatic heterocycles. The van der Waals surface area contributed by atoms with Gasteiger partial charge in [0.15, 0.2) is 0 Å². The monoisotopic (exact) mass is 556 g/mol. The molecule has 3 aromatic rings. The number of halogens is 3. The first-order valence-corrected chi connectivity index (χ1v) is 13.6. The Morgan fingerprint density at radius 3 is 2.02 bits per heavy atom. The topological polar surface area (TPSA) is 71.0 Å². The molecule has 9 heteroatoms. The molecule has 1 aliphatic heterocycles. The zero-order valence-corrected chi connectivity index (χ0v) is 22.8. The van der Waals surface area contributed by atoms with Crippen LogP contribution in [0.15, 0.2) is 60.7 Å². The molecule has 0 saturated carbocycles. The molecule has 0 atom stereocenters. The molecule has 1 heterocycles. The minimum atomic E-state index is -4.40. The van der Waals surface area contributed by atoms with Gasteiger partial charge in [-0.3, -0.25) is 4.90 Å². The summed E-state index contributed by atoms with van der Waals surface area (Å²) in [5.41, 5.74) is 2.77. The first-order chi connectivity index (χ1) is 19.2. The number of ether oxygens (including phenoxy) is 2. The molecule has 6 nitrogen and oxygen atoms in total. The van der Waals surface area contributed by atoms with E-state index in [0.29, 0.717) is 48.3 Å². The van der Waals surface area contributed by atoms with Gasteiger partial charge in [-0.25, -0.2) is 4.79 Å². The van der Waals surface area contributed by atoms with Gasteiger partial charge in [0.2, 0.25) is 0 Å². The van der Waals surface area contributed by atoms with Gasteiger partial charge in [0.25, 0.3) is 0 Å². The molecule has 0 spiro atoms. The second-order valence-electron chi connectivity index (χ2n) is 9.89. The van der Waals surface area contributed by atoms with Crippen molar-refractivity contribution in [1.82, 2.24) is 4.90 Å². The second kappa shape index (κ2) is 13.1. The summed E-state index contributed by atoms with van der Waals surface area (Å²) in [5.74, 6) is 0.762. The van der Waals surface area contributed by atoms with Gasteiger partial charge in [0.1, 0.15) is 11.5 Å². The molecule has 0 amide bonds. The van der Waals surface area contributed by atoms with Gasteiger partial charge in [-0.15, -0.1) is 0 Å². The van der Waals surface area contributed by atoms with E-state index in [2.05, 4.69) is 10.2 Å². The molecule has 4 rings (SSSR count). The van der Waals surface area contributed by atoms with Crippen LogP contribution in [0, 0.1) is 5.92 Å². The normalized spacial score (nSPS) is 14.6. The summed E-state index contributed by atoms with van der Waals surface area (Å²) in [4.78, 5) is 13.4. The smallest absolute Gasteiger partial charge is 0.416 e. The number of carboxylic acid groups (broad SMARTS) is 1. The maximum Gasteiger partial charge on any atom is 0.416 e. The number of hydrogen-bond donors (Lipinski definition) is 2. The highest BCUT2D eigenvalue weighted by Gasteiger charge is 2.30. The fraction of sp³-hybridized carbons (Fsp3) is 0.387. The molecule has 0 bridgehead atoms. The van der Waals surface area contributed by atoms with Crippen LogP contribution >= 0.6 is 0 Å². The number of benzene rings is 3. The van der Waals surface area contributed by atoms with Gasteiger partial charge in [-0.1, -0.05) is 12.1 Å². The summed E-state index contributed by atoms with van der Waals surface area (Å²) in [6.45, 7) is 7.99. The van der Waals surface area contributed by atoms with Crippen molar-refractivity contribution in [2.45, 2.75) is 39.4 Å². The van der Waals surface area contributed by atoms with Crippen LogP contribution in [0.1, 0.15) is 48.2 Å². The molecule has 1 aliphatic rings. The zero-order chi connectivity index (χ0) is 28.7. The van der Waals surface area contributed by atoms with Crippen molar-refractivity contribution < 1.29 is 32.5 Å². The number of aromatic carboxylic acids is 1. The Balaban J connectivity index is 1.42. The summed E-state index contributed by atoms with van der Waals surface area (Å²) < 4.78 is 51.2. The van der Waals surface area contributed by atoms with Crippen LogP contribution in [0.25, 0.3) is 11.1 Å². The molecule has 40 heavy (non-hydrogen) atoms. The van der Waals surface area contributed by atoms with E-state index >= 15 is 0 Å². The largest absolute Gasteiger partial charge is 0.493 e. The zero-order valence-electron chi connectivity index (χ0n) is 22.8. The number of alkyl halides is 3. The Morgan fingerprint density at radius 1 is 0.950 bits per heavy atom. The van der Waals surface area contributed by atoms with Crippen molar-refractivity contribution in [2.75, 3.05) is 38.2 Å². The van der Waals surface area contributed by atoms with Crippen LogP contribution in [-0.2, 0) is 12.7 Å². The molecular weight excluding hydrogens is 521 g/mol. The quantitative estimate of drug-likeness (QED) is 0.261. The summed E-state index contributed by atoms with van der Waals surface area (Å²) >= 11 is 0. The van der Waals surface area contributed by atoms with Gasteiger partial charge >= 0.3 is 12.1 Å². The highest BCUT2D eigenvalue weighted by atomic mass is 19.4. The SMILES string of the molecule is CCOc1cc(CN2CCC(CNc3ccc(C(=O)O)cc3)CC2)cc(OCC)c1-c1ccc(C(F)(F)F)cc1. The summed E-state index contributed by atoms with van der Waals surface area (Å²) in [7, 11) is 0. The third-order valence-electron chi connectivity index (χ3n) is 7.07. The Hall–Kier alpha value is -3.72. The average Bonchev–Trinajstić information content (AvgIpc) is 2.93. The van der Waals surface area contributed by atoms with E-state index in [1.165, 1.54) is 12.1 Å². The van der Waals surface area contributed by atoms with Gasteiger partial charge < -0.3 is 19.9 Å². The lowest BCUT2D eigenvalue weighted by Gasteiger charge is -2.32. The predicted molar refractivity (Wildman–Crippen MR) is 149 cm³/mol. The maximum absolute atomic E-state index is 13.1. The van der Waals surface area contributed by atoms with Crippen molar-refractivity contribution in [3.63, 3.8) is 0 Å². The Morgan fingerprint density at radius 2 is 1.52 bits per heavy atom. The van der Waals surface area contributed by atoms with E-state index in [1.807, 2.05) is 26.0 Å². The number of anilines is 1. The lowest BCUT2D eigenvalue weighted by molar-refractivity contribution is -0.137. The molecule has 214 valence electrons. The van der Waals surface area contributed by atoms with Gasteiger partial charge in [-0.2, -0.15) is 13.2 Å². The van der Waals surface area contributed by atoms with E-state index in [0.717, 1.165) is 55.9 Å². The van der Waals surface area contributed by atoms with Gasteiger partial charge in [-0.05, 0) is 105 Å². The number of piperidine rings is 1. The molecule has 2 N–H and O–H groups in total. The minimum Gasteiger partial charge on any atom is -0.493 e. The van der Waals surface area contributed by atoms with E-state index in [4.69, 9.17) is 14.6 Å². The summed E-state index contributed by atoms with van der Waals surface area (Å²) in [6, 6.07) is 15.8. The highest BCUT2D eigenvalue weighted by Crippen LogP contribution is 2.41. The molecule has 1 fully saturated rings. The van der Waals surface area contributed by atoms with Crippen LogP contribution in [0.5, 0.6) is 11.5 Å². The van der Waals surface area contributed by atoms with Crippen molar-refractivity contribution in [2.24, 2.45) is 5.92 Å². The lowest BCUT2D eigenvalue weighted by atomic mass is 9.95. The van der Waals surface area contributed by atoms with Crippen molar-refractivity contribution in [1.29, 1.82) is 0 Å². The lowest BCUT2D eigenvalue weighted by Crippen LogP contribution is -2.35. The van der Waals surface area contributed by atoms with Crippen LogP contribution in [0.4, 0.5) is 18.9 Å². The van der Waals surface area contributed by atoms with E-state index in [9.17, 15) is 18.0 Å². The van der Waals surface area contributed by atoms with Crippen molar-refractivity contribution in [3.8, 4) is 22.6 Å². The molecule has 0 aliphatic carbocycles. The summed E-state index contributed by atoms with van der Waals surface area (Å²) in [5, 5.41) is 12.5. The molecule has 0 radical (unpaired) electrons. The molecular formula is C31H35F3N2O4. The first-order valence-electron chi connectivity index (χ1n) is 13.6. The Kier molecular flexibility index (Phi) is 9.58. The van der Waals surface area contributed by atoms with E-state index in [1.54, 1.807) is 24.3 Å². The number of nitrogens with zero attached hydrogens (tertiary/aromatic N) is 1. The number of carboxylic acids is 1. The minimum absolute atomic E-state index is 0.270. The van der Waals surface area contributed by atoms with Gasteiger partial charge in [0.05, 0.1) is 29.9 Å². The highest BCUT2D eigenvalue weighted by molar-refractivity contribution is 5.88. The standard InChI is InChI=1S/C31H35F3N2O4/c1-3-39-27-17-22(18-28(40-4-2)29(27)23-5-9-25(10-6-23)31(32,33)34)20-36-15-13-21(14-16-36)19-35-26-11-7-24(8-12-26)30(37)38/h5-12,17-18,21,35H,3-4,13-16,19-20H2,1-2H3,(H,37,38). The first kappa shape index (κ1) is 29.3. The van der Waals surface area contributed by atoms with Crippen LogP contribution in [0.2, 0.25) is 0 Å². The second-order valence-corrected chi connectivity index (χ2v) is 9.89. The predicted octanol–water partition coefficient (Wildman–Crippen LogP) is 7.19. The molecule has 0 unspecified atom stereocenters. The fourth-order valence-electron chi connectivity index (χ4n) is 4.98. The van der Waals surface area contributed by atoms with Crippen LogP contribution in [0.3, 0.4) is 0 Å². The summed E-state index contributed by atoms with van der Waals surface area (Å²) in [6.07, 6.45) is -2.34. The Labute approximate surface area is 232 Å². The number of nitrogens with one attached hydrogen (secondary N) is 1. The van der Waals surface area contributed by atoms with E-state index < -0.39 is 17.7 Å². The average molecular weight is 557 g/mol. The number of carbonyl (C=O) groups is 1. The van der Waals surface area contributed by atoms with E-state index in [-0.39, 0.29) is 5.56 Å². The van der Waals surface area contributed by atoms with Gasteiger partial charge in [0, 0.05) is 18.8 Å². The van der Waals surface area contributed by atoms with Crippen LogP contribution < -0.4 is 14.8 Å². The van der Waals surface area contributed by atoms with Crippen molar-refractivity contribution >= 4 is 11.7 Å². The van der Waals surface area contributed by atoms with Crippen LogP contribution in [-0.4, -0.2) is 48.8 Å². The third kappa shape index (κ3) is 7.47. The fourth-order valence-corrected chi connectivity index (χ4v) is 4.98. The maximum atomic E-state index is 13.1. The Bertz CT molecular complexity index is 1240. The number of rotatable bonds is 11.